The first-order valence-corrected chi connectivity index (χ1v) is 5.41. The van der Waals surface area contributed by atoms with E-state index < -0.39 is 0 Å². The van der Waals surface area contributed by atoms with E-state index in [9.17, 15) is 0 Å². The van der Waals surface area contributed by atoms with Gasteiger partial charge in [-0.25, -0.2) is 0 Å². The molecule has 0 radical (unpaired) electrons. The number of allylic oxidation sites excluding steroid dienone is 1. The predicted octanol–water partition coefficient (Wildman–Crippen LogP) is 3.98. The van der Waals surface area contributed by atoms with Crippen molar-refractivity contribution in [1.29, 1.82) is 0 Å². The van der Waals surface area contributed by atoms with Crippen LogP contribution in [0.25, 0.3) is 0 Å². The molecule has 0 N–H and O–H groups in total. The summed E-state index contributed by atoms with van der Waals surface area (Å²) in [4.78, 5) is 0. The number of rotatable bonds is 0. The van der Waals surface area contributed by atoms with Crippen LogP contribution in [-0.2, 0) is 0 Å². The van der Waals surface area contributed by atoms with Crippen LogP contribution in [0.1, 0.15) is 57.8 Å². The fraction of sp³-hybridized carbons (Fsp3) is 0.750. The van der Waals surface area contributed by atoms with Gasteiger partial charge >= 0.3 is 0 Å². The average molecular weight is 162 g/mol. The van der Waals surface area contributed by atoms with Gasteiger partial charge in [0, 0.05) is 0 Å². The van der Waals surface area contributed by atoms with E-state index >= 15 is 0 Å². The van der Waals surface area contributed by atoms with E-state index in [2.05, 4.69) is 5.73 Å². The van der Waals surface area contributed by atoms with Crippen molar-refractivity contribution < 1.29 is 0 Å². The van der Waals surface area contributed by atoms with Gasteiger partial charge in [0.15, 0.2) is 0 Å². The summed E-state index contributed by atoms with van der Waals surface area (Å²) in [6, 6.07) is 0. The molecule has 66 valence electrons. The largest absolute Gasteiger partial charge is 0.123 e. The van der Waals surface area contributed by atoms with Gasteiger partial charge in [-0.2, -0.15) is 0 Å². The van der Waals surface area contributed by atoms with E-state index in [-0.39, 0.29) is 0 Å². The fourth-order valence-corrected chi connectivity index (χ4v) is 2.28. The standard InChI is InChI=1S/C12H18/c1-2-6-11(7-3-1)10-12-8-4-5-9-12/h1-9H2. The quantitative estimate of drug-likeness (QED) is 0.473. The minimum absolute atomic E-state index is 1.34. The van der Waals surface area contributed by atoms with Crippen molar-refractivity contribution in [2.75, 3.05) is 0 Å². The molecule has 2 fully saturated rings. The summed E-state index contributed by atoms with van der Waals surface area (Å²) in [6.45, 7) is 0. The first-order chi connectivity index (χ1) is 5.95. The zero-order valence-electron chi connectivity index (χ0n) is 7.86. The Labute approximate surface area is 75.4 Å². The van der Waals surface area contributed by atoms with E-state index in [1.165, 1.54) is 57.8 Å². The lowest BCUT2D eigenvalue weighted by Gasteiger charge is -2.10. The molecule has 0 aromatic heterocycles. The van der Waals surface area contributed by atoms with Crippen LogP contribution in [-0.4, -0.2) is 0 Å². The topological polar surface area (TPSA) is 0 Å². The molecular formula is C12H18. The average Bonchev–Trinajstić information content (AvgIpc) is 2.59. The Morgan fingerprint density at radius 2 is 1.00 bits per heavy atom. The monoisotopic (exact) mass is 162 g/mol. The van der Waals surface area contributed by atoms with E-state index in [1.807, 2.05) is 0 Å². The Hall–Kier alpha value is -0.480. The molecule has 0 spiro atoms. The molecule has 0 heterocycles. The van der Waals surface area contributed by atoms with Crippen LogP contribution >= 0.6 is 0 Å². The molecule has 0 amide bonds. The van der Waals surface area contributed by atoms with Crippen LogP contribution < -0.4 is 0 Å². The van der Waals surface area contributed by atoms with Gasteiger partial charge in [0.1, 0.15) is 0 Å². The third-order valence-corrected chi connectivity index (χ3v) is 3.02. The Bertz CT molecular complexity index is 200. The number of hydrogen-bond acceptors (Lipinski definition) is 0. The summed E-state index contributed by atoms with van der Waals surface area (Å²) in [7, 11) is 0. The first-order valence-electron chi connectivity index (χ1n) is 5.41. The highest BCUT2D eigenvalue weighted by Crippen LogP contribution is 2.26. The van der Waals surface area contributed by atoms with Gasteiger partial charge in [0.05, 0.1) is 0 Å². The highest BCUT2D eigenvalue weighted by atomic mass is 14.1. The summed E-state index contributed by atoms with van der Waals surface area (Å²) in [5.41, 5.74) is 6.89. The van der Waals surface area contributed by atoms with Gasteiger partial charge in [0.2, 0.25) is 0 Å². The zero-order valence-corrected chi connectivity index (χ0v) is 7.86. The summed E-state index contributed by atoms with van der Waals surface area (Å²) in [6.07, 6.45) is 12.4. The van der Waals surface area contributed by atoms with Gasteiger partial charge in [0.25, 0.3) is 0 Å². The second-order valence-corrected chi connectivity index (χ2v) is 4.10. The molecule has 0 unspecified atom stereocenters. The van der Waals surface area contributed by atoms with Gasteiger partial charge in [-0.1, -0.05) is 6.42 Å². The van der Waals surface area contributed by atoms with Gasteiger partial charge < -0.3 is 0 Å². The molecule has 2 aliphatic carbocycles. The summed E-state index contributed by atoms with van der Waals surface area (Å²) < 4.78 is 0. The molecule has 0 nitrogen and oxygen atoms in total. The summed E-state index contributed by atoms with van der Waals surface area (Å²) in [5, 5.41) is 0. The molecule has 12 heavy (non-hydrogen) atoms. The van der Waals surface area contributed by atoms with Crippen LogP contribution in [0.15, 0.2) is 16.9 Å². The van der Waals surface area contributed by atoms with Crippen molar-refractivity contribution in [3.8, 4) is 0 Å². The van der Waals surface area contributed by atoms with Gasteiger partial charge in [-0.3, -0.25) is 0 Å². The van der Waals surface area contributed by atoms with Crippen LogP contribution in [0.4, 0.5) is 0 Å². The van der Waals surface area contributed by atoms with Crippen molar-refractivity contribution in [3.05, 3.63) is 16.9 Å². The Morgan fingerprint density at radius 1 is 0.583 bits per heavy atom. The van der Waals surface area contributed by atoms with Crippen molar-refractivity contribution in [3.63, 3.8) is 0 Å². The molecule has 2 saturated carbocycles. The second-order valence-electron chi connectivity index (χ2n) is 4.10. The van der Waals surface area contributed by atoms with E-state index in [0.717, 1.165) is 0 Å². The molecular weight excluding hydrogens is 144 g/mol. The second kappa shape index (κ2) is 3.96. The van der Waals surface area contributed by atoms with Gasteiger partial charge in [-0.15, -0.1) is 5.73 Å². The van der Waals surface area contributed by atoms with Crippen LogP contribution in [0.2, 0.25) is 0 Å². The molecule has 0 aliphatic heterocycles. The predicted molar refractivity (Wildman–Crippen MR) is 52.1 cm³/mol. The van der Waals surface area contributed by atoms with Crippen molar-refractivity contribution >= 4 is 0 Å². The number of hydrogen-bond donors (Lipinski definition) is 0. The smallest absolute Gasteiger partial charge is 0.0244 e. The highest BCUT2D eigenvalue weighted by molar-refractivity contribution is 5.12. The minimum Gasteiger partial charge on any atom is -0.123 e. The third-order valence-electron chi connectivity index (χ3n) is 3.02. The summed E-state index contributed by atoms with van der Waals surface area (Å²) >= 11 is 0. The normalized spacial score (nSPS) is 24.3. The van der Waals surface area contributed by atoms with Crippen molar-refractivity contribution in [1.82, 2.24) is 0 Å². The Kier molecular flexibility index (Phi) is 2.68. The zero-order chi connectivity index (χ0) is 8.23. The molecule has 0 heteroatoms. The highest BCUT2D eigenvalue weighted by Gasteiger charge is 2.08. The van der Waals surface area contributed by atoms with Crippen LogP contribution in [0, 0.1) is 0 Å². The Morgan fingerprint density at radius 3 is 1.50 bits per heavy atom. The molecule has 0 aromatic rings. The first kappa shape index (κ1) is 8.13. The maximum Gasteiger partial charge on any atom is -0.0244 e. The molecule has 0 bridgehead atoms. The SMILES string of the molecule is C(=C1CCCCC1)=C1CCCC1. The molecule has 2 aliphatic rings. The molecule has 2 rings (SSSR count). The maximum absolute atomic E-state index is 3.65. The Balaban J connectivity index is 2.07. The lowest BCUT2D eigenvalue weighted by molar-refractivity contribution is 0.599. The lowest BCUT2D eigenvalue weighted by Crippen LogP contribution is -1.92. The van der Waals surface area contributed by atoms with E-state index in [0.29, 0.717) is 0 Å². The van der Waals surface area contributed by atoms with Gasteiger partial charge in [-0.05, 0) is 62.5 Å². The van der Waals surface area contributed by atoms with Crippen LogP contribution in [0.5, 0.6) is 0 Å². The fourth-order valence-electron chi connectivity index (χ4n) is 2.28. The molecule has 0 saturated heterocycles. The van der Waals surface area contributed by atoms with E-state index in [1.54, 1.807) is 11.1 Å². The maximum atomic E-state index is 3.65. The molecule has 0 atom stereocenters. The van der Waals surface area contributed by atoms with Crippen molar-refractivity contribution in [2.24, 2.45) is 0 Å². The third kappa shape index (κ3) is 2.01. The van der Waals surface area contributed by atoms with Crippen LogP contribution in [0.3, 0.4) is 0 Å². The summed E-state index contributed by atoms with van der Waals surface area (Å²) in [5.74, 6) is 0. The lowest BCUT2D eigenvalue weighted by atomic mass is 9.95. The molecule has 0 aromatic carbocycles. The minimum atomic E-state index is 1.34. The van der Waals surface area contributed by atoms with E-state index in [4.69, 9.17) is 0 Å². The van der Waals surface area contributed by atoms with Crippen molar-refractivity contribution in [2.45, 2.75) is 57.8 Å².